The SMILES string of the molecule is COc1cc(C)c(S(=O)(=O)N(CCOCC(=O)O)Cc2ccc3c(c2)OCOC3)c(C)c1.COc1cc(C)c(S(=O)(=O)N(CCOCC(=O)OC(C)(C)C)Cc2ccc3c(c2)OCOC3)c(C)c1. The summed E-state index contributed by atoms with van der Waals surface area (Å²) >= 11 is 0. The second kappa shape index (κ2) is 23.8. The van der Waals surface area contributed by atoms with E-state index in [-0.39, 0.29) is 69.4 Å². The van der Waals surface area contributed by atoms with Crippen LogP contribution in [-0.4, -0.2) is 115 Å². The van der Waals surface area contributed by atoms with Gasteiger partial charge >= 0.3 is 11.9 Å². The maximum absolute atomic E-state index is 13.9. The van der Waals surface area contributed by atoms with Gasteiger partial charge in [-0.15, -0.1) is 0 Å². The number of methoxy groups -OCH3 is 2. The Bertz CT molecular complexity index is 2580. The van der Waals surface area contributed by atoms with Crippen molar-refractivity contribution in [3.05, 3.63) is 105 Å². The first-order valence-corrected chi connectivity index (χ1v) is 24.6. The number of carboxylic acids is 1. The van der Waals surface area contributed by atoms with Crippen LogP contribution in [-0.2, 0) is 79.6 Å². The minimum Gasteiger partial charge on any atom is -0.497 e. The largest absolute Gasteiger partial charge is 0.497 e. The van der Waals surface area contributed by atoms with Gasteiger partial charge in [0.05, 0.1) is 50.4 Å². The average Bonchev–Trinajstić information content (AvgIpc) is 3.27. The van der Waals surface area contributed by atoms with E-state index in [0.717, 1.165) is 22.3 Å². The molecule has 4 aromatic rings. The standard InChI is InChI=1S/C26H35NO8S.C22H27NO8S/c1-18-11-22(31-6)12-19(2)25(18)36(29,30)27(9-10-32-16-24(28)35-26(3,4)5)14-20-7-8-21-15-33-17-34-23(21)13-20;1-15-8-19(28-3)9-16(2)22(15)32(26,27)23(6-7-29-13-21(24)25)11-17-4-5-18-12-30-14-31-20(18)10-17/h7-8,11-13H,9-10,14-17H2,1-6H3;4-5,8-10H,6-7,11-14H2,1-3H3,(H,24,25). The number of carbonyl (C=O) groups is 2. The molecule has 68 heavy (non-hydrogen) atoms. The van der Waals surface area contributed by atoms with Crippen LogP contribution in [0.25, 0.3) is 0 Å². The number of ether oxygens (including phenoxy) is 9. The van der Waals surface area contributed by atoms with E-state index in [0.29, 0.717) is 58.5 Å². The van der Waals surface area contributed by atoms with Gasteiger partial charge in [0.15, 0.2) is 13.6 Å². The third-order valence-electron chi connectivity index (χ3n) is 10.5. The number of benzene rings is 4. The zero-order chi connectivity index (χ0) is 49.8. The fourth-order valence-electron chi connectivity index (χ4n) is 7.54. The van der Waals surface area contributed by atoms with Crippen LogP contribution in [0.3, 0.4) is 0 Å². The molecule has 372 valence electrons. The number of nitrogens with zero attached hydrogens (tertiary/aromatic N) is 2. The third kappa shape index (κ3) is 14.6. The molecular formula is C48H62N2O16S2. The Morgan fingerprint density at radius 2 is 1.03 bits per heavy atom. The Labute approximate surface area is 399 Å². The quantitative estimate of drug-likeness (QED) is 0.0772. The van der Waals surface area contributed by atoms with Crippen LogP contribution in [0.4, 0.5) is 0 Å². The van der Waals surface area contributed by atoms with Crippen LogP contribution >= 0.6 is 0 Å². The second-order valence-corrected chi connectivity index (χ2v) is 20.8. The van der Waals surface area contributed by atoms with E-state index in [9.17, 15) is 26.4 Å². The molecule has 2 heterocycles. The Morgan fingerprint density at radius 1 is 0.632 bits per heavy atom. The average molecular weight is 987 g/mol. The third-order valence-corrected chi connectivity index (χ3v) is 14.8. The van der Waals surface area contributed by atoms with Gasteiger partial charge < -0.3 is 47.7 Å². The topological polar surface area (TPSA) is 212 Å². The number of hydrogen-bond donors (Lipinski definition) is 1. The maximum Gasteiger partial charge on any atom is 0.332 e. The van der Waals surface area contributed by atoms with Crippen molar-refractivity contribution in [2.24, 2.45) is 0 Å². The van der Waals surface area contributed by atoms with Gasteiger partial charge in [0.25, 0.3) is 0 Å². The van der Waals surface area contributed by atoms with Crippen molar-refractivity contribution in [2.45, 2.75) is 90.2 Å². The second-order valence-electron chi connectivity index (χ2n) is 17.0. The summed E-state index contributed by atoms with van der Waals surface area (Å²) in [5, 5.41) is 8.79. The molecule has 6 rings (SSSR count). The van der Waals surface area contributed by atoms with Crippen LogP contribution < -0.4 is 18.9 Å². The highest BCUT2D eigenvalue weighted by Crippen LogP contribution is 2.33. The minimum atomic E-state index is -3.92. The molecule has 4 aromatic carbocycles. The number of carbonyl (C=O) groups excluding carboxylic acids is 1. The van der Waals surface area contributed by atoms with Crippen LogP contribution in [0.2, 0.25) is 0 Å². The molecule has 0 saturated heterocycles. The number of rotatable bonds is 20. The summed E-state index contributed by atoms with van der Waals surface area (Å²) in [4.78, 5) is 23.1. The smallest absolute Gasteiger partial charge is 0.332 e. The van der Waals surface area contributed by atoms with E-state index >= 15 is 0 Å². The zero-order valence-corrected chi connectivity index (χ0v) is 41.7. The lowest BCUT2D eigenvalue weighted by atomic mass is 10.1. The van der Waals surface area contributed by atoms with Gasteiger partial charge in [-0.25, -0.2) is 26.4 Å². The van der Waals surface area contributed by atoms with Gasteiger partial charge in [0, 0.05) is 37.3 Å². The molecule has 1 N–H and O–H groups in total. The first-order chi connectivity index (χ1) is 32.1. The van der Waals surface area contributed by atoms with E-state index in [1.807, 2.05) is 30.3 Å². The van der Waals surface area contributed by atoms with Crippen molar-refractivity contribution in [1.29, 1.82) is 0 Å². The van der Waals surface area contributed by atoms with Crippen molar-refractivity contribution in [3.8, 4) is 23.0 Å². The zero-order valence-electron chi connectivity index (χ0n) is 40.0. The summed E-state index contributed by atoms with van der Waals surface area (Å²) in [6.07, 6.45) is 0. The first-order valence-electron chi connectivity index (χ1n) is 21.7. The highest BCUT2D eigenvalue weighted by molar-refractivity contribution is 7.89. The lowest BCUT2D eigenvalue weighted by molar-refractivity contribution is -0.160. The van der Waals surface area contributed by atoms with Crippen molar-refractivity contribution in [2.75, 3.05) is 67.3 Å². The number of fused-ring (bicyclic) bond motifs is 2. The van der Waals surface area contributed by atoms with E-state index in [4.69, 9.17) is 47.7 Å². The molecule has 0 fully saturated rings. The van der Waals surface area contributed by atoms with Crippen molar-refractivity contribution >= 4 is 32.0 Å². The molecule has 0 aromatic heterocycles. The number of carboxylic acid groups (broad SMARTS) is 1. The molecule has 2 aliphatic rings. The van der Waals surface area contributed by atoms with Gasteiger partial charge in [-0.05, 0) is 118 Å². The molecule has 2 aliphatic heterocycles. The Morgan fingerprint density at radius 3 is 1.40 bits per heavy atom. The molecule has 20 heteroatoms. The van der Waals surface area contributed by atoms with Crippen LogP contribution in [0, 0.1) is 27.7 Å². The van der Waals surface area contributed by atoms with Gasteiger partial charge in [-0.2, -0.15) is 8.61 Å². The highest BCUT2D eigenvalue weighted by atomic mass is 32.2. The molecule has 0 bridgehead atoms. The van der Waals surface area contributed by atoms with Gasteiger partial charge in [-0.1, -0.05) is 24.3 Å². The predicted molar refractivity (Wildman–Crippen MR) is 249 cm³/mol. The summed E-state index contributed by atoms with van der Waals surface area (Å²) in [5.41, 5.74) is 4.94. The van der Waals surface area contributed by atoms with Gasteiger partial charge in [0.2, 0.25) is 20.0 Å². The van der Waals surface area contributed by atoms with Crippen molar-refractivity contribution < 1.29 is 74.2 Å². The fourth-order valence-corrected chi connectivity index (χ4v) is 11.2. The fraction of sp³-hybridized carbons (Fsp3) is 0.458. The van der Waals surface area contributed by atoms with Crippen LogP contribution in [0.15, 0.2) is 70.5 Å². The van der Waals surface area contributed by atoms with E-state index < -0.39 is 44.2 Å². The van der Waals surface area contributed by atoms with Gasteiger partial charge in [0.1, 0.15) is 41.8 Å². The number of hydrogen-bond acceptors (Lipinski definition) is 15. The normalized spacial score (nSPS) is 13.6. The Balaban J connectivity index is 0.000000256. The summed E-state index contributed by atoms with van der Waals surface area (Å²) < 4.78 is 106. The Hall–Kier alpha value is -5.32. The number of aryl methyl sites for hydroxylation is 4. The maximum atomic E-state index is 13.9. The van der Waals surface area contributed by atoms with Crippen molar-refractivity contribution in [1.82, 2.24) is 8.61 Å². The number of esters is 1. The monoisotopic (exact) mass is 986 g/mol. The van der Waals surface area contributed by atoms with E-state index in [1.165, 1.54) is 15.7 Å². The summed E-state index contributed by atoms with van der Waals surface area (Å²) in [6, 6.07) is 17.8. The molecular weight excluding hydrogens is 925 g/mol. The highest BCUT2D eigenvalue weighted by Gasteiger charge is 2.31. The van der Waals surface area contributed by atoms with Crippen molar-refractivity contribution in [3.63, 3.8) is 0 Å². The minimum absolute atomic E-state index is 0.0123. The lowest BCUT2D eigenvalue weighted by Gasteiger charge is -2.25. The van der Waals surface area contributed by atoms with E-state index in [2.05, 4.69) is 0 Å². The predicted octanol–water partition coefficient (Wildman–Crippen LogP) is 6.20. The molecule has 0 spiro atoms. The lowest BCUT2D eigenvalue weighted by Crippen LogP contribution is -2.35. The molecule has 18 nitrogen and oxygen atoms in total. The summed E-state index contributed by atoms with van der Waals surface area (Å²) in [7, 11) is -4.78. The summed E-state index contributed by atoms with van der Waals surface area (Å²) in [6.45, 7) is 12.8. The molecule has 0 saturated carbocycles. The number of aliphatic carboxylic acids is 1. The summed E-state index contributed by atoms with van der Waals surface area (Å²) in [5.74, 6) is 0.872. The van der Waals surface area contributed by atoms with Gasteiger partial charge in [-0.3, -0.25) is 0 Å². The molecule has 0 atom stereocenters. The van der Waals surface area contributed by atoms with Crippen LogP contribution in [0.1, 0.15) is 65.3 Å². The number of sulfonamides is 2. The molecule has 0 radical (unpaired) electrons. The first kappa shape index (κ1) is 53.6. The Kier molecular flexibility index (Phi) is 18.8. The molecule has 0 unspecified atom stereocenters. The molecule has 0 aliphatic carbocycles. The van der Waals surface area contributed by atoms with E-state index in [1.54, 1.807) is 85.9 Å². The van der Waals surface area contributed by atoms with Crippen LogP contribution in [0.5, 0.6) is 23.0 Å². The molecule has 0 amide bonds.